The summed E-state index contributed by atoms with van der Waals surface area (Å²) in [7, 11) is 1.64. The Hall–Kier alpha value is -0.250. The summed E-state index contributed by atoms with van der Waals surface area (Å²) in [5, 5.41) is 0. The molecule has 68 valence electrons. The number of hydrogen-bond acceptors (Lipinski definition) is 2. The Bertz CT molecular complexity index is 255. The Morgan fingerprint density at radius 3 is 2.58 bits per heavy atom. The van der Waals surface area contributed by atoms with Gasteiger partial charge in [0.25, 0.3) is 0 Å². The van der Waals surface area contributed by atoms with Crippen LogP contribution in [0.15, 0.2) is 22.7 Å². The van der Waals surface area contributed by atoms with E-state index >= 15 is 0 Å². The van der Waals surface area contributed by atoms with Crippen LogP contribution >= 0.6 is 28.3 Å². The highest BCUT2D eigenvalue weighted by Crippen LogP contribution is 2.22. The number of hydrogen-bond donors (Lipinski definition) is 1. The Kier molecular flexibility index (Phi) is 5.29. The fraction of sp³-hybridized carbons (Fsp3) is 0.250. The Morgan fingerprint density at radius 2 is 2.17 bits per heavy atom. The SMILES string of the molecule is COc1ccc(CN)c(Br)c1.Cl. The van der Waals surface area contributed by atoms with E-state index in [4.69, 9.17) is 10.5 Å². The fourth-order valence-electron chi connectivity index (χ4n) is 0.821. The Labute approximate surface area is 86.6 Å². The van der Waals surface area contributed by atoms with E-state index in [1.54, 1.807) is 7.11 Å². The van der Waals surface area contributed by atoms with Crippen LogP contribution < -0.4 is 10.5 Å². The molecule has 1 aromatic carbocycles. The third kappa shape index (κ3) is 2.66. The molecule has 0 fully saturated rings. The summed E-state index contributed by atoms with van der Waals surface area (Å²) in [6, 6.07) is 5.75. The molecule has 0 bridgehead atoms. The molecule has 0 radical (unpaired) electrons. The second-order valence-corrected chi connectivity index (χ2v) is 3.02. The van der Waals surface area contributed by atoms with Crippen molar-refractivity contribution >= 4 is 28.3 Å². The molecule has 2 nitrogen and oxygen atoms in total. The van der Waals surface area contributed by atoms with Gasteiger partial charge in [-0.15, -0.1) is 12.4 Å². The molecule has 12 heavy (non-hydrogen) atoms. The number of ether oxygens (including phenoxy) is 1. The molecule has 0 heterocycles. The molecule has 2 N–H and O–H groups in total. The normalized spacial score (nSPS) is 8.92. The smallest absolute Gasteiger partial charge is 0.120 e. The van der Waals surface area contributed by atoms with Crippen LogP contribution in [0, 0.1) is 0 Å². The largest absolute Gasteiger partial charge is 0.497 e. The van der Waals surface area contributed by atoms with Crippen LogP contribution in [0.3, 0.4) is 0 Å². The van der Waals surface area contributed by atoms with E-state index in [2.05, 4.69) is 15.9 Å². The van der Waals surface area contributed by atoms with Gasteiger partial charge in [0.2, 0.25) is 0 Å². The zero-order valence-electron chi connectivity index (χ0n) is 6.71. The summed E-state index contributed by atoms with van der Waals surface area (Å²) in [5.74, 6) is 0.842. The molecule has 0 saturated heterocycles. The lowest BCUT2D eigenvalue weighted by molar-refractivity contribution is 0.414. The van der Waals surface area contributed by atoms with E-state index in [1.807, 2.05) is 18.2 Å². The van der Waals surface area contributed by atoms with Crippen LogP contribution in [0.25, 0.3) is 0 Å². The van der Waals surface area contributed by atoms with Gasteiger partial charge in [0.05, 0.1) is 7.11 Å². The van der Waals surface area contributed by atoms with Crippen molar-refractivity contribution in [2.75, 3.05) is 7.11 Å². The highest BCUT2D eigenvalue weighted by molar-refractivity contribution is 9.10. The molecular weight excluding hydrogens is 241 g/mol. The molecule has 0 aliphatic rings. The van der Waals surface area contributed by atoms with Crippen LogP contribution in [0.4, 0.5) is 0 Å². The molecule has 0 aliphatic heterocycles. The standard InChI is InChI=1S/C8H10BrNO.ClH/c1-11-7-3-2-6(5-10)8(9)4-7;/h2-4H,5,10H2,1H3;1H. The van der Waals surface area contributed by atoms with Gasteiger partial charge in [0, 0.05) is 11.0 Å². The summed E-state index contributed by atoms with van der Waals surface area (Å²) in [6.45, 7) is 0.546. The highest BCUT2D eigenvalue weighted by Gasteiger charge is 1.98. The van der Waals surface area contributed by atoms with Crippen molar-refractivity contribution in [3.63, 3.8) is 0 Å². The monoisotopic (exact) mass is 251 g/mol. The zero-order valence-corrected chi connectivity index (χ0v) is 9.11. The second kappa shape index (κ2) is 5.41. The molecule has 1 aromatic rings. The van der Waals surface area contributed by atoms with Gasteiger partial charge in [-0.05, 0) is 17.7 Å². The molecule has 0 saturated carbocycles. The van der Waals surface area contributed by atoms with Crippen molar-refractivity contribution in [1.29, 1.82) is 0 Å². The van der Waals surface area contributed by atoms with Crippen LogP contribution in [0.1, 0.15) is 5.56 Å². The van der Waals surface area contributed by atoms with Gasteiger partial charge in [0.15, 0.2) is 0 Å². The van der Waals surface area contributed by atoms with Gasteiger partial charge < -0.3 is 10.5 Å². The van der Waals surface area contributed by atoms with Crippen molar-refractivity contribution in [2.24, 2.45) is 5.73 Å². The lowest BCUT2D eigenvalue weighted by Gasteiger charge is -2.03. The van der Waals surface area contributed by atoms with Gasteiger partial charge in [-0.25, -0.2) is 0 Å². The maximum atomic E-state index is 5.47. The van der Waals surface area contributed by atoms with Gasteiger partial charge in [-0.1, -0.05) is 22.0 Å². The maximum Gasteiger partial charge on any atom is 0.120 e. The summed E-state index contributed by atoms with van der Waals surface area (Å²) < 4.78 is 6.02. The van der Waals surface area contributed by atoms with Gasteiger partial charge in [0.1, 0.15) is 5.75 Å². The van der Waals surface area contributed by atoms with Crippen molar-refractivity contribution < 1.29 is 4.74 Å². The number of benzene rings is 1. The van der Waals surface area contributed by atoms with Gasteiger partial charge in [-0.2, -0.15) is 0 Å². The van der Waals surface area contributed by atoms with Crippen molar-refractivity contribution in [3.05, 3.63) is 28.2 Å². The fourth-order valence-corrected chi connectivity index (χ4v) is 1.34. The lowest BCUT2D eigenvalue weighted by Crippen LogP contribution is -1.97. The first-order chi connectivity index (χ1) is 5.27. The Balaban J connectivity index is 0.00000121. The number of rotatable bonds is 2. The molecule has 0 spiro atoms. The van der Waals surface area contributed by atoms with E-state index in [0.29, 0.717) is 6.54 Å². The van der Waals surface area contributed by atoms with Crippen molar-refractivity contribution in [2.45, 2.75) is 6.54 Å². The van der Waals surface area contributed by atoms with Gasteiger partial charge >= 0.3 is 0 Å². The van der Waals surface area contributed by atoms with Crippen molar-refractivity contribution in [3.8, 4) is 5.75 Å². The predicted octanol–water partition coefficient (Wildman–Crippen LogP) is 2.34. The first-order valence-corrected chi connectivity index (χ1v) is 4.09. The Morgan fingerprint density at radius 1 is 1.50 bits per heavy atom. The minimum Gasteiger partial charge on any atom is -0.497 e. The van der Waals surface area contributed by atoms with E-state index in [1.165, 1.54) is 0 Å². The van der Waals surface area contributed by atoms with E-state index < -0.39 is 0 Å². The van der Waals surface area contributed by atoms with E-state index in [9.17, 15) is 0 Å². The average Bonchev–Trinajstić information content (AvgIpc) is 2.04. The lowest BCUT2D eigenvalue weighted by atomic mass is 10.2. The first-order valence-electron chi connectivity index (χ1n) is 3.30. The number of halogens is 2. The topological polar surface area (TPSA) is 35.2 Å². The zero-order chi connectivity index (χ0) is 8.27. The van der Waals surface area contributed by atoms with E-state index in [-0.39, 0.29) is 12.4 Å². The molecule has 4 heteroatoms. The predicted molar refractivity (Wildman–Crippen MR) is 55.8 cm³/mol. The first kappa shape index (κ1) is 11.8. The molecule has 0 amide bonds. The van der Waals surface area contributed by atoms with Gasteiger partial charge in [-0.3, -0.25) is 0 Å². The molecule has 1 rings (SSSR count). The van der Waals surface area contributed by atoms with Crippen LogP contribution in [0.2, 0.25) is 0 Å². The number of methoxy groups -OCH3 is 1. The minimum absolute atomic E-state index is 0. The maximum absolute atomic E-state index is 5.47. The number of nitrogens with two attached hydrogens (primary N) is 1. The van der Waals surface area contributed by atoms with Crippen LogP contribution in [0.5, 0.6) is 5.75 Å². The third-order valence-electron chi connectivity index (χ3n) is 1.48. The van der Waals surface area contributed by atoms with Crippen LogP contribution in [-0.4, -0.2) is 7.11 Å². The molecule has 0 aromatic heterocycles. The quantitative estimate of drug-likeness (QED) is 0.877. The summed E-state index contributed by atoms with van der Waals surface area (Å²) in [6.07, 6.45) is 0. The second-order valence-electron chi connectivity index (χ2n) is 2.16. The van der Waals surface area contributed by atoms with Crippen molar-refractivity contribution in [1.82, 2.24) is 0 Å². The summed E-state index contributed by atoms with van der Waals surface area (Å²) in [4.78, 5) is 0. The summed E-state index contributed by atoms with van der Waals surface area (Å²) in [5.41, 5.74) is 6.56. The highest BCUT2D eigenvalue weighted by atomic mass is 79.9. The van der Waals surface area contributed by atoms with E-state index in [0.717, 1.165) is 15.8 Å². The average molecular weight is 253 g/mol. The molecule has 0 atom stereocenters. The summed E-state index contributed by atoms with van der Waals surface area (Å²) >= 11 is 3.39. The molecule has 0 aliphatic carbocycles. The third-order valence-corrected chi connectivity index (χ3v) is 2.22. The molecular formula is C8H11BrClNO. The molecule has 0 unspecified atom stereocenters. The van der Waals surface area contributed by atoms with Crippen LogP contribution in [-0.2, 0) is 6.54 Å². The minimum atomic E-state index is 0.